The highest BCUT2D eigenvalue weighted by atomic mass is 35.5. The van der Waals surface area contributed by atoms with Gasteiger partial charge in [0, 0.05) is 19.2 Å². The predicted octanol–water partition coefficient (Wildman–Crippen LogP) is 2.52. The molecule has 0 radical (unpaired) electrons. The fraction of sp³-hybridized carbons (Fsp3) is 0.538. The Bertz CT molecular complexity index is 418. The molecule has 19 heavy (non-hydrogen) atoms. The summed E-state index contributed by atoms with van der Waals surface area (Å²) < 4.78 is 4.55. The third kappa shape index (κ3) is 6.29. The molecule has 1 aromatic heterocycles. The normalized spacial score (nSPS) is 10.2. The van der Waals surface area contributed by atoms with Crippen LogP contribution in [0, 0.1) is 0 Å². The maximum absolute atomic E-state index is 11.6. The van der Waals surface area contributed by atoms with Crippen molar-refractivity contribution >= 4 is 23.5 Å². The predicted molar refractivity (Wildman–Crippen MR) is 73.2 cm³/mol. The van der Waals surface area contributed by atoms with Crippen LogP contribution in [-0.2, 0) is 9.53 Å². The van der Waals surface area contributed by atoms with E-state index >= 15 is 0 Å². The molecule has 0 saturated heterocycles. The number of hydrogen-bond acceptors (Lipinski definition) is 3. The largest absolute Gasteiger partial charge is 0.469 e. The average Bonchev–Trinajstić information content (AvgIpc) is 2.83. The lowest BCUT2D eigenvalue weighted by atomic mass is 10.1. The molecule has 1 amide bonds. The summed E-state index contributed by atoms with van der Waals surface area (Å²) in [6.07, 6.45) is 5.68. The number of H-pyrrole nitrogens is 1. The van der Waals surface area contributed by atoms with Gasteiger partial charge < -0.3 is 15.0 Å². The molecule has 6 heteroatoms. The van der Waals surface area contributed by atoms with Crippen molar-refractivity contribution in [2.75, 3.05) is 13.7 Å². The van der Waals surface area contributed by atoms with Crippen LogP contribution in [0.5, 0.6) is 0 Å². The van der Waals surface area contributed by atoms with Crippen molar-refractivity contribution < 1.29 is 14.3 Å². The van der Waals surface area contributed by atoms with Crippen molar-refractivity contribution in [2.45, 2.75) is 32.1 Å². The zero-order valence-corrected chi connectivity index (χ0v) is 11.8. The average molecular weight is 287 g/mol. The topological polar surface area (TPSA) is 71.2 Å². The minimum Gasteiger partial charge on any atom is -0.469 e. The maximum atomic E-state index is 11.6. The smallest absolute Gasteiger partial charge is 0.305 e. The van der Waals surface area contributed by atoms with Crippen LogP contribution in [0.15, 0.2) is 12.3 Å². The number of aromatic amines is 1. The molecule has 0 bridgehead atoms. The highest BCUT2D eigenvalue weighted by molar-refractivity contribution is 6.30. The lowest BCUT2D eigenvalue weighted by Gasteiger charge is -2.03. The quantitative estimate of drug-likeness (QED) is 0.570. The Kier molecular flexibility index (Phi) is 7.03. The van der Waals surface area contributed by atoms with Gasteiger partial charge in [-0.1, -0.05) is 24.4 Å². The van der Waals surface area contributed by atoms with Crippen molar-refractivity contribution in [3.8, 4) is 0 Å². The number of esters is 1. The van der Waals surface area contributed by atoms with Crippen molar-refractivity contribution in [1.82, 2.24) is 10.3 Å². The van der Waals surface area contributed by atoms with Gasteiger partial charge in [-0.15, -0.1) is 0 Å². The first kappa shape index (κ1) is 15.6. The number of methoxy groups -OCH3 is 1. The minimum absolute atomic E-state index is 0.151. The number of ether oxygens (including phenoxy) is 1. The monoisotopic (exact) mass is 286 g/mol. The molecule has 0 aromatic carbocycles. The lowest BCUT2D eigenvalue weighted by molar-refractivity contribution is -0.140. The van der Waals surface area contributed by atoms with Gasteiger partial charge in [0.15, 0.2) is 0 Å². The molecule has 106 valence electrons. The number of carbonyl (C=O) groups is 2. The van der Waals surface area contributed by atoms with Gasteiger partial charge in [-0.05, 0) is 18.9 Å². The molecule has 2 N–H and O–H groups in total. The summed E-state index contributed by atoms with van der Waals surface area (Å²) in [5.41, 5.74) is 0.468. The van der Waals surface area contributed by atoms with Crippen molar-refractivity contribution in [3.63, 3.8) is 0 Å². The fourth-order valence-corrected chi connectivity index (χ4v) is 1.81. The molecule has 0 spiro atoms. The van der Waals surface area contributed by atoms with Gasteiger partial charge in [-0.3, -0.25) is 9.59 Å². The molecule has 0 atom stereocenters. The minimum atomic E-state index is -0.170. The van der Waals surface area contributed by atoms with Crippen LogP contribution in [0.3, 0.4) is 0 Å². The van der Waals surface area contributed by atoms with Crippen LogP contribution in [-0.4, -0.2) is 30.5 Å². The molecular formula is C13H19ClN2O3. The van der Waals surface area contributed by atoms with Gasteiger partial charge in [0.1, 0.15) is 5.69 Å². The summed E-state index contributed by atoms with van der Waals surface area (Å²) in [4.78, 5) is 25.3. The number of halogens is 1. The standard InChI is InChI=1S/C13H19ClN2O3/c1-19-12(17)6-4-2-3-5-7-15-13(18)11-8-10(14)9-16-11/h8-9,16H,2-7H2,1H3,(H,15,18). The van der Waals surface area contributed by atoms with Crippen LogP contribution < -0.4 is 5.32 Å². The van der Waals surface area contributed by atoms with E-state index in [9.17, 15) is 9.59 Å². The molecule has 0 saturated carbocycles. The molecule has 0 fully saturated rings. The van der Waals surface area contributed by atoms with E-state index in [4.69, 9.17) is 11.6 Å². The lowest BCUT2D eigenvalue weighted by Crippen LogP contribution is -2.24. The van der Waals surface area contributed by atoms with E-state index in [1.54, 1.807) is 12.3 Å². The van der Waals surface area contributed by atoms with Crippen LogP contribution >= 0.6 is 11.6 Å². The Morgan fingerprint density at radius 1 is 1.32 bits per heavy atom. The van der Waals surface area contributed by atoms with Crippen molar-refractivity contribution in [2.24, 2.45) is 0 Å². The maximum Gasteiger partial charge on any atom is 0.305 e. The Hall–Kier alpha value is -1.49. The number of rotatable bonds is 8. The number of carbonyl (C=O) groups excluding carboxylic acids is 2. The van der Waals surface area contributed by atoms with Gasteiger partial charge in [0.2, 0.25) is 0 Å². The van der Waals surface area contributed by atoms with Gasteiger partial charge in [0.25, 0.3) is 5.91 Å². The molecule has 5 nitrogen and oxygen atoms in total. The number of nitrogens with one attached hydrogen (secondary N) is 2. The van der Waals surface area contributed by atoms with E-state index in [2.05, 4.69) is 15.0 Å². The first-order chi connectivity index (χ1) is 9.13. The van der Waals surface area contributed by atoms with E-state index < -0.39 is 0 Å². The Labute approximate surface area is 117 Å². The van der Waals surface area contributed by atoms with Gasteiger partial charge in [0.05, 0.1) is 12.1 Å². The highest BCUT2D eigenvalue weighted by Crippen LogP contribution is 2.09. The zero-order chi connectivity index (χ0) is 14.1. The SMILES string of the molecule is COC(=O)CCCCCCNC(=O)c1cc(Cl)c[nH]1. The van der Waals surface area contributed by atoms with E-state index in [1.165, 1.54) is 7.11 Å². The summed E-state index contributed by atoms with van der Waals surface area (Å²) >= 11 is 5.71. The van der Waals surface area contributed by atoms with E-state index in [0.29, 0.717) is 23.7 Å². The fourth-order valence-electron chi connectivity index (χ4n) is 1.65. The van der Waals surface area contributed by atoms with Crippen LogP contribution in [0.2, 0.25) is 5.02 Å². The summed E-state index contributed by atoms with van der Waals surface area (Å²) in [6.45, 7) is 0.619. The first-order valence-corrected chi connectivity index (χ1v) is 6.70. The van der Waals surface area contributed by atoms with Crippen molar-refractivity contribution in [1.29, 1.82) is 0 Å². The molecule has 0 aliphatic carbocycles. The number of amides is 1. The second-order valence-corrected chi connectivity index (χ2v) is 4.66. The Balaban J connectivity index is 2.02. The molecule has 0 unspecified atom stereocenters. The van der Waals surface area contributed by atoms with E-state index in [1.807, 2.05) is 0 Å². The van der Waals surface area contributed by atoms with Gasteiger partial charge in [-0.2, -0.15) is 0 Å². The summed E-state index contributed by atoms with van der Waals surface area (Å²) in [5.74, 6) is -0.321. The highest BCUT2D eigenvalue weighted by Gasteiger charge is 2.06. The molecule has 0 aliphatic heterocycles. The number of unbranched alkanes of at least 4 members (excludes halogenated alkanes) is 3. The second-order valence-electron chi connectivity index (χ2n) is 4.23. The molecule has 1 rings (SSSR count). The van der Waals surface area contributed by atoms with Crippen molar-refractivity contribution in [3.05, 3.63) is 23.0 Å². The number of aromatic nitrogens is 1. The zero-order valence-electron chi connectivity index (χ0n) is 11.0. The summed E-state index contributed by atoms with van der Waals surface area (Å²) in [6, 6.07) is 1.59. The van der Waals surface area contributed by atoms with Crippen LogP contribution in [0.1, 0.15) is 42.6 Å². The molecular weight excluding hydrogens is 268 g/mol. The van der Waals surface area contributed by atoms with E-state index in [-0.39, 0.29) is 11.9 Å². The molecule has 1 heterocycles. The van der Waals surface area contributed by atoms with Gasteiger partial charge >= 0.3 is 5.97 Å². The number of hydrogen-bond donors (Lipinski definition) is 2. The van der Waals surface area contributed by atoms with Crippen LogP contribution in [0.4, 0.5) is 0 Å². The third-order valence-electron chi connectivity index (χ3n) is 2.71. The first-order valence-electron chi connectivity index (χ1n) is 6.32. The Morgan fingerprint density at radius 2 is 2.05 bits per heavy atom. The molecule has 0 aliphatic rings. The van der Waals surface area contributed by atoms with Crippen LogP contribution in [0.25, 0.3) is 0 Å². The van der Waals surface area contributed by atoms with E-state index in [0.717, 1.165) is 25.7 Å². The Morgan fingerprint density at radius 3 is 2.68 bits per heavy atom. The summed E-state index contributed by atoms with van der Waals surface area (Å²) in [7, 11) is 1.39. The van der Waals surface area contributed by atoms with Gasteiger partial charge in [-0.25, -0.2) is 0 Å². The summed E-state index contributed by atoms with van der Waals surface area (Å²) in [5, 5.41) is 3.32. The second kappa shape index (κ2) is 8.58. The molecule has 1 aromatic rings. The third-order valence-corrected chi connectivity index (χ3v) is 2.93.